The normalized spacial score (nSPS) is 9.74. The van der Waals surface area contributed by atoms with E-state index in [1.165, 1.54) is 6.20 Å². The summed E-state index contributed by atoms with van der Waals surface area (Å²) in [6.45, 7) is 0.334. The number of nitrogens with zero attached hydrogens (tertiary/aromatic N) is 2. The summed E-state index contributed by atoms with van der Waals surface area (Å²) in [5.74, 6) is 1.16. The van der Waals surface area contributed by atoms with Crippen molar-refractivity contribution in [1.29, 1.82) is 5.26 Å². The molecule has 0 atom stereocenters. The molecule has 2 rings (SSSR count). The number of halogens is 1. The molecular formula is C14H11ClN2O2. The summed E-state index contributed by atoms with van der Waals surface area (Å²) < 4.78 is 10.6. The van der Waals surface area contributed by atoms with Crippen LogP contribution in [0.3, 0.4) is 0 Å². The summed E-state index contributed by atoms with van der Waals surface area (Å²) in [6, 6.07) is 11.0. The fourth-order valence-electron chi connectivity index (χ4n) is 1.50. The molecule has 0 aliphatic carbocycles. The number of nitriles is 1. The molecule has 0 spiro atoms. The molecule has 0 unspecified atom stereocenters. The number of pyridine rings is 1. The van der Waals surface area contributed by atoms with Gasteiger partial charge in [0.25, 0.3) is 0 Å². The number of methoxy groups -OCH3 is 1. The highest BCUT2D eigenvalue weighted by molar-refractivity contribution is 6.30. The van der Waals surface area contributed by atoms with Gasteiger partial charge in [-0.3, -0.25) is 0 Å². The van der Waals surface area contributed by atoms with Crippen LogP contribution in [0, 0.1) is 11.3 Å². The van der Waals surface area contributed by atoms with Crippen molar-refractivity contribution in [1.82, 2.24) is 4.98 Å². The van der Waals surface area contributed by atoms with Crippen molar-refractivity contribution < 1.29 is 9.47 Å². The lowest BCUT2D eigenvalue weighted by molar-refractivity contribution is 0.303. The van der Waals surface area contributed by atoms with Crippen molar-refractivity contribution in [2.75, 3.05) is 7.11 Å². The number of ether oxygens (including phenoxy) is 2. The number of rotatable bonds is 4. The zero-order valence-corrected chi connectivity index (χ0v) is 11.0. The van der Waals surface area contributed by atoms with Crippen LogP contribution in [0.5, 0.6) is 11.5 Å². The van der Waals surface area contributed by atoms with E-state index in [2.05, 4.69) is 4.98 Å². The molecule has 0 amide bonds. The Hall–Kier alpha value is -2.25. The second-order valence-corrected chi connectivity index (χ2v) is 4.19. The van der Waals surface area contributed by atoms with Crippen LogP contribution in [0.1, 0.15) is 11.3 Å². The molecule has 19 heavy (non-hydrogen) atoms. The van der Waals surface area contributed by atoms with Gasteiger partial charge in [-0.25, -0.2) is 4.98 Å². The summed E-state index contributed by atoms with van der Waals surface area (Å²) in [5.41, 5.74) is 1.18. The predicted octanol–water partition coefficient (Wildman–Crippen LogP) is 3.19. The Morgan fingerprint density at radius 3 is 2.68 bits per heavy atom. The molecule has 0 radical (unpaired) electrons. The van der Waals surface area contributed by atoms with Gasteiger partial charge < -0.3 is 9.47 Å². The van der Waals surface area contributed by atoms with Crippen molar-refractivity contribution in [3.63, 3.8) is 0 Å². The van der Waals surface area contributed by atoms with Gasteiger partial charge in [-0.1, -0.05) is 23.7 Å². The van der Waals surface area contributed by atoms with Gasteiger partial charge in [0.2, 0.25) is 0 Å². The zero-order valence-electron chi connectivity index (χ0n) is 10.3. The maximum absolute atomic E-state index is 8.92. The quantitative estimate of drug-likeness (QED) is 0.859. The van der Waals surface area contributed by atoms with Crippen LogP contribution in [0.4, 0.5) is 0 Å². The lowest BCUT2D eigenvalue weighted by Gasteiger charge is -2.08. The monoisotopic (exact) mass is 274 g/mol. The minimum atomic E-state index is 0.220. The number of hydrogen-bond donors (Lipinski definition) is 0. The highest BCUT2D eigenvalue weighted by atomic mass is 35.5. The Labute approximate surface area is 116 Å². The molecule has 1 aromatic carbocycles. The van der Waals surface area contributed by atoms with Crippen LogP contribution >= 0.6 is 11.6 Å². The maximum Gasteiger partial charge on any atom is 0.182 e. The number of aromatic nitrogens is 1. The van der Waals surface area contributed by atoms with Crippen molar-refractivity contribution in [2.24, 2.45) is 0 Å². The molecule has 0 aliphatic rings. The largest absolute Gasteiger partial charge is 0.497 e. The summed E-state index contributed by atoms with van der Waals surface area (Å²) in [5, 5.41) is 9.36. The Bertz CT molecular complexity index is 606. The summed E-state index contributed by atoms with van der Waals surface area (Å²) in [6.07, 6.45) is 1.42. The first-order valence-electron chi connectivity index (χ1n) is 5.54. The number of benzene rings is 1. The molecule has 2 aromatic rings. The molecule has 1 heterocycles. The van der Waals surface area contributed by atoms with E-state index < -0.39 is 0 Å². The minimum Gasteiger partial charge on any atom is -0.497 e. The fraction of sp³-hybridized carbons (Fsp3) is 0.143. The lowest BCUT2D eigenvalue weighted by Crippen LogP contribution is -1.98. The van der Waals surface area contributed by atoms with Gasteiger partial charge in [-0.2, -0.15) is 5.26 Å². The van der Waals surface area contributed by atoms with E-state index in [9.17, 15) is 0 Å². The van der Waals surface area contributed by atoms with E-state index in [0.29, 0.717) is 17.4 Å². The summed E-state index contributed by atoms with van der Waals surface area (Å²) in [7, 11) is 1.61. The molecule has 0 fully saturated rings. The van der Waals surface area contributed by atoms with Gasteiger partial charge in [-0.05, 0) is 17.7 Å². The average Bonchev–Trinajstić information content (AvgIpc) is 2.46. The van der Waals surface area contributed by atoms with Gasteiger partial charge in [0.05, 0.1) is 12.1 Å². The van der Waals surface area contributed by atoms with E-state index in [4.69, 9.17) is 26.3 Å². The van der Waals surface area contributed by atoms with Crippen molar-refractivity contribution >= 4 is 11.6 Å². The van der Waals surface area contributed by atoms with Gasteiger partial charge in [0.15, 0.2) is 11.4 Å². The standard InChI is InChI=1S/C14H11ClN2O2/c1-18-12-4-2-10(3-5-12)9-19-14-6-11(15)8-17-13(14)7-16/h2-6,8H,9H2,1H3. The van der Waals surface area contributed by atoms with Crippen LogP contribution in [-0.2, 0) is 6.61 Å². The Morgan fingerprint density at radius 2 is 2.05 bits per heavy atom. The Morgan fingerprint density at radius 1 is 1.32 bits per heavy atom. The van der Waals surface area contributed by atoms with Crippen molar-refractivity contribution in [2.45, 2.75) is 6.61 Å². The van der Waals surface area contributed by atoms with Crippen LogP contribution < -0.4 is 9.47 Å². The third-order valence-electron chi connectivity index (χ3n) is 2.48. The summed E-state index contributed by atoms with van der Waals surface area (Å²) in [4.78, 5) is 3.90. The lowest BCUT2D eigenvalue weighted by atomic mass is 10.2. The van der Waals surface area contributed by atoms with Crippen LogP contribution in [-0.4, -0.2) is 12.1 Å². The topological polar surface area (TPSA) is 55.1 Å². The highest BCUT2D eigenvalue weighted by Crippen LogP contribution is 2.21. The average molecular weight is 275 g/mol. The van der Waals surface area contributed by atoms with E-state index >= 15 is 0 Å². The molecular weight excluding hydrogens is 264 g/mol. The predicted molar refractivity (Wildman–Crippen MR) is 71.3 cm³/mol. The fourth-order valence-corrected chi connectivity index (χ4v) is 1.65. The van der Waals surface area contributed by atoms with Crippen molar-refractivity contribution in [3.05, 3.63) is 52.8 Å². The van der Waals surface area contributed by atoms with Crippen LogP contribution in [0.25, 0.3) is 0 Å². The maximum atomic E-state index is 8.92. The molecule has 5 heteroatoms. The Balaban J connectivity index is 2.09. The van der Waals surface area contributed by atoms with E-state index in [0.717, 1.165) is 11.3 Å². The molecule has 96 valence electrons. The van der Waals surface area contributed by atoms with Gasteiger partial charge in [-0.15, -0.1) is 0 Å². The van der Waals surface area contributed by atoms with Crippen LogP contribution in [0.15, 0.2) is 36.5 Å². The smallest absolute Gasteiger partial charge is 0.182 e. The van der Waals surface area contributed by atoms with Gasteiger partial charge in [0, 0.05) is 12.3 Å². The Kier molecular flexibility index (Phi) is 4.22. The number of hydrogen-bond acceptors (Lipinski definition) is 4. The van der Waals surface area contributed by atoms with E-state index in [-0.39, 0.29) is 5.69 Å². The SMILES string of the molecule is COc1ccc(COc2cc(Cl)cnc2C#N)cc1. The molecule has 0 bridgehead atoms. The summed E-state index contributed by atoms with van der Waals surface area (Å²) >= 11 is 5.83. The molecule has 4 nitrogen and oxygen atoms in total. The second kappa shape index (κ2) is 6.07. The first-order valence-corrected chi connectivity index (χ1v) is 5.92. The van der Waals surface area contributed by atoms with Gasteiger partial charge >= 0.3 is 0 Å². The van der Waals surface area contributed by atoms with Crippen LogP contribution in [0.2, 0.25) is 5.02 Å². The third kappa shape index (κ3) is 3.36. The molecule has 0 saturated carbocycles. The second-order valence-electron chi connectivity index (χ2n) is 3.75. The van der Waals surface area contributed by atoms with Gasteiger partial charge in [0.1, 0.15) is 18.4 Å². The first-order chi connectivity index (χ1) is 9.22. The minimum absolute atomic E-state index is 0.220. The molecule has 0 saturated heterocycles. The zero-order chi connectivity index (χ0) is 13.7. The highest BCUT2D eigenvalue weighted by Gasteiger charge is 2.06. The third-order valence-corrected chi connectivity index (χ3v) is 2.69. The van der Waals surface area contributed by atoms with Crippen molar-refractivity contribution in [3.8, 4) is 17.6 Å². The first kappa shape index (κ1) is 13.2. The molecule has 0 aliphatic heterocycles. The molecule has 0 N–H and O–H groups in total. The van der Waals surface area contributed by atoms with E-state index in [1.807, 2.05) is 30.3 Å². The van der Waals surface area contributed by atoms with E-state index in [1.54, 1.807) is 13.2 Å². The molecule has 1 aromatic heterocycles.